The van der Waals surface area contributed by atoms with Crippen LogP contribution < -0.4 is 10.1 Å². The molecule has 0 unspecified atom stereocenters. The molecule has 1 aromatic carbocycles. The summed E-state index contributed by atoms with van der Waals surface area (Å²) in [6.07, 6.45) is 0. The summed E-state index contributed by atoms with van der Waals surface area (Å²) < 4.78 is 6.32. The Hall–Kier alpha value is -1.07. The van der Waals surface area contributed by atoms with Crippen molar-refractivity contribution >= 4 is 27.5 Å². The topological polar surface area (TPSA) is 58.6 Å². The van der Waals surface area contributed by atoms with Crippen LogP contribution in [0.2, 0.25) is 0 Å². The van der Waals surface area contributed by atoms with Crippen LogP contribution in [-0.2, 0) is 4.79 Å². The molecule has 0 aliphatic rings. The van der Waals surface area contributed by atoms with Gasteiger partial charge in [-0.15, -0.1) is 0 Å². The van der Waals surface area contributed by atoms with Crippen molar-refractivity contribution in [3.8, 4) is 5.75 Å². The third kappa shape index (κ3) is 3.09. The van der Waals surface area contributed by atoms with Gasteiger partial charge in [0, 0.05) is 4.47 Å². The summed E-state index contributed by atoms with van der Waals surface area (Å²) in [5, 5.41) is 12.5. The number of hydrogen-bond donors (Lipinski definition) is 2. The van der Waals surface area contributed by atoms with E-state index in [2.05, 4.69) is 21.2 Å². The Morgan fingerprint density at radius 3 is 2.16 bits per heavy atom. The molecule has 0 fully saturated rings. The van der Waals surface area contributed by atoms with E-state index in [1.54, 1.807) is 7.11 Å². The maximum absolute atomic E-state index is 11.9. The molecule has 1 rings (SSSR count). The molecule has 0 heterocycles. The van der Waals surface area contributed by atoms with Gasteiger partial charge < -0.3 is 15.2 Å². The number of aliphatic hydroxyl groups is 1. The average molecular weight is 330 g/mol. The molecule has 1 aromatic rings. The van der Waals surface area contributed by atoms with E-state index in [9.17, 15) is 9.90 Å². The van der Waals surface area contributed by atoms with E-state index in [1.807, 2.05) is 20.8 Å². The van der Waals surface area contributed by atoms with Crippen molar-refractivity contribution in [3.63, 3.8) is 0 Å². The Balaban J connectivity index is 3.39. The highest BCUT2D eigenvalue weighted by Crippen LogP contribution is 2.40. The second-order valence-corrected chi connectivity index (χ2v) is 5.90. The first kappa shape index (κ1) is 16.0. The molecule has 0 aliphatic heterocycles. The molecule has 0 saturated heterocycles. The SMILES string of the molecule is COc1c(C)c(C)c(Br)c(C)c1NC(=O)C(C)(C)O. The standard InChI is InChI=1S/C14H20BrNO3/c1-7-8(2)12(19-6)11(9(3)10(7)15)16-13(17)14(4,5)18/h18H,1-6H3,(H,16,17). The quantitative estimate of drug-likeness (QED) is 0.895. The molecule has 1 amide bonds. The Kier molecular flexibility index (Phi) is 4.63. The highest BCUT2D eigenvalue weighted by Gasteiger charge is 2.26. The predicted octanol–water partition coefficient (Wildman–Crippen LogP) is 3.09. The second kappa shape index (κ2) is 5.51. The summed E-state index contributed by atoms with van der Waals surface area (Å²) in [5.41, 5.74) is 2.03. The van der Waals surface area contributed by atoms with Crippen LogP contribution in [0.1, 0.15) is 30.5 Å². The first-order valence-corrected chi connectivity index (χ1v) is 6.77. The zero-order chi connectivity index (χ0) is 15.0. The van der Waals surface area contributed by atoms with Crippen molar-refractivity contribution < 1.29 is 14.6 Å². The van der Waals surface area contributed by atoms with Crippen LogP contribution >= 0.6 is 15.9 Å². The number of ether oxygens (including phenoxy) is 1. The van der Waals surface area contributed by atoms with Gasteiger partial charge in [-0.05, 0) is 51.3 Å². The third-order valence-corrected chi connectivity index (χ3v) is 4.35. The lowest BCUT2D eigenvalue weighted by Crippen LogP contribution is -2.37. The molecule has 106 valence electrons. The minimum Gasteiger partial charge on any atom is -0.494 e. The van der Waals surface area contributed by atoms with E-state index in [0.29, 0.717) is 11.4 Å². The Morgan fingerprint density at radius 2 is 1.74 bits per heavy atom. The van der Waals surface area contributed by atoms with Crippen LogP contribution in [0.25, 0.3) is 0 Å². The van der Waals surface area contributed by atoms with Crippen molar-refractivity contribution in [2.45, 2.75) is 40.2 Å². The van der Waals surface area contributed by atoms with Gasteiger partial charge in [0.2, 0.25) is 0 Å². The maximum Gasteiger partial charge on any atom is 0.255 e. The number of methoxy groups -OCH3 is 1. The van der Waals surface area contributed by atoms with Crippen LogP contribution in [0.4, 0.5) is 5.69 Å². The third-order valence-electron chi connectivity index (χ3n) is 3.16. The lowest BCUT2D eigenvalue weighted by Gasteiger charge is -2.22. The number of benzene rings is 1. The highest BCUT2D eigenvalue weighted by atomic mass is 79.9. The molecule has 0 bridgehead atoms. The van der Waals surface area contributed by atoms with Gasteiger partial charge in [0.25, 0.3) is 5.91 Å². The fraction of sp³-hybridized carbons (Fsp3) is 0.500. The van der Waals surface area contributed by atoms with E-state index in [0.717, 1.165) is 21.2 Å². The summed E-state index contributed by atoms with van der Waals surface area (Å²) in [7, 11) is 1.56. The summed E-state index contributed by atoms with van der Waals surface area (Å²) in [6, 6.07) is 0. The van der Waals surface area contributed by atoms with Crippen molar-refractivity contribution in [1.82, 2.24) is 0 Å². The van der Waals surface area contributed by atoms with E-state index in [1.165, 1.54) is 13.8 Å². The van der Waals surface area contributed by atoms with Gasteiger partial charge in [-0.1, -0.05) is 15.9 Å². The second-order valence-electron chi connectivity index (χ2n) is 5.11. The van der Waals surface area contributed by atoms with Crippen molar-refractivity contribution in [2.24, 2.45) is 0 Å². The van der Waals surface area contributed by atoms with Crippen molar-refractivity contribution in [3.05, 3.63) is 21.2 Å². The van der Waals surface area contributed by atoms with Crippen molar-refractivity contribution in [2.75, 3.05) is 12.4 Å². The molecule has 19 heavy (non-hydrogen) atoms. The number of amides is 1. The van der Waals surface area contributed by atoms with E-state index >= 15 is 0 Å². The fourth-order valence-corrected chi connectivity index (χ4v) is 2.25. The number of carbonyl (C=O) groups is 1. The van der Waals surface area contributed by atoms with Gasteiger partial charge in [-0.2, -0.15) is 0 Å². The number of hydrogen-bond acceptors (Lipinski definition) is 3. The molecule has 5 heteroatoms. The number of anilines is 1. The zero-order valence-corrected chi connectivity index (χ0v) is 13.7. The summed E-state index contributed by atoms with van der Waals surface area (Å²) in [6.45, 7) is 8.69. The van der Waals surface area contributed by atoms with Crippen LogP contribution in [0.3, 0.4) is 0 Å². The number of rotatable bonds is 3. The van der Waals surface area contributed by atoms with Crippen LogP contribution in [0, 0.1) is 20.8 Å². The molecular weight excluding hydrogens is 310 g/mol. The number of nitrogens with one attached hydrogen (secondary N) is 1. The fourth-order valence-electron chi connectivity index (χ4n) is 1.76. The summed E-state index contributed by atoms with van der Waals surface area (Å²) in [5.74, 6) is 0.153. The van der Waals surface area contributed by atoms with Gasteiger partial charge in [0.05, 0.1) is 12.8 Å². The average Bonchev–Trinajstić information content (AvgIpc) is 2.32. The van der Waals surface area contributed by atoms with E-state index in [4.69, 9.17) is 4.74 Å². The summed E-state index contributed by atoms with van der Waals surface area (Å²) >= 11 is 3.52. The minimum atomic E-state index is -1.44. The molecular formula is C14H20BrNO3. The largest absolute Gasteiger partial charge is 0.494 e. The Labute approximate surface area is 122 Å². The molecule has 0 aliphatic carbocycles. The lowest BCUT2D eigenvalue weighted by molar-refractivity contribution is -0.130. The summed E-state index contributed by atoms with van der Waals surface area (Å²) in [4.78, 5) is 11.9. The maximum atomic E-state index is 11.9. The van der Waals surface area contributed by atoms with Crippen molar-refractivity contribution in [1.29, 1.82) is 0 Å². The molecule has 0 atom stereocenters. The zero-order valence-electron chi connectivity index (χ0n) is 12.1. The van der Waals surface area contributed by atoms with Crippen LogP contribution in [-0.4, -0.2) is 23.7 Å². The van der Waals surface area contributed by atoms with Gasteiger partial charge in [0.15, 0.2) is 0 Å². The molecule has 4 nitrogen and oxygen atoms in total. The molecule has 0 aromatic heterocycles. The van der Waals surface area contributed by atoms with Crippen LogP contribution in [0.5, 0.6) is 5.75 Å². The van der Waals surface area contributed by atoms with Gasteiger partial charge >= 0.3 is 0 Å². The molecule has 0 saturated carbocycles. The first-order valence-electron chi connectivity index (χ1n) is 5.98. The van der Waals surface area contributed by atoms with Gasteiger partial charge in [0.1, 0.15) is 11.4 Å². The molecule has 2 N–H and O–H groups in total. The van der Waals surface area contributed by atoms with Gasteiger partial charge in [-0.25, -0.2) is 0 Å². The number of halogens is 1. The van der Waals surface area contributed by atoms with Gasteiger partial charge in [-0.3, -0.25) is 4.79 Å². The molecule has 0 radical (unpaired) electrons. The number of carbonyl (C=O) groups excluding carboxylic acids is 1. The van der Waals surface area contributed by atoms with E-state index in [-0.39, 0.29) is 0 Å². The Bertz CT molecular complexity index is 519. The lowest BCUT2D eigenvalue weighted by atomic mass is 10.0. The Morgan fingerprint density at radius 1 is 1.21 bits per heavy atom. The minimum absolute atomic E-state index is 0.468. The predicted molar refractivity (Wildman–Crippen MR) is 79.8 cm³/mol. The van der Waals surface area contributed by atoms with Crippen LogP contribution in [0.15, 0.2) is 4.47 Å². The molecule has 0 spiro atoms. The van der Waals surface area contributed by atoms with E-state index < -0.39 is 11.5 Å². The first-order chi connectivity index (χ1) is 8.61. The normalized spacial score (nSPS) is 11.4. The monoisotopic (exact) mass is 329 g/mol. The smallest absolute Gasteiger partial charge is 0.255 e. The highest BCUT2D eigenvalue weighted by molar-refractivity contribution is 9.10.